The monoisotopic (exact) mass is 367 g/mol. The van der Waals surface area contributed by atoms with Gasteiger partial charge in [-0.15, -0.1) is 6.58 Å². The summed E-state index contributed by atoms with van der Waals surface area (Å²) in [6.45, 7) is 4.70. The number of hydrogen-bond donors (Lipinski definition) is 1. The van der Waals surface area contributed by atoms with Gasteiger partial charge in [0.1, 0.15) is 0 Å². The molecule has 0 radical (unpaired) electrons. The number of para-hydroxylation sites is 1. The van der Waals surface area contributed by atoms with E-state index in [4.69, 9.17) is 11.6 Å². The number of anilines is 1. The third kappa shape index (κ3) is 4.33. The standard InChI is InChI=1S/C21H22ClN3O/c1-2-3-4-7-12-25-15-16(17-8-5-6-9-20(17)25)13-21(26)24-19-10-11-23-14-18(19)22/h2,5-6,8-11,14-15H,1,3-4,7,12-13H2,(H,23,24,26). The quantitative estimate of drug-likeness (QED) is 0.438. The van der Waals surface area contributed by atoms with Crippen molar-refractivity contribution in [2.45, 2.75) is 32.2 Å². The van der Waals surface area contributed by atoms with Crippen LogP contribution in [0.4, 0.5) is 5.69 Å². The second-order valence-corrected chi connectivity index (χ2v) is 6.64. The van der Waals surface area contributed by atoms with E-state index < -0.39 is 0 Å². The molecule has 0 bridgehead atoms. The van der Waals surface area contributed by atoms with Crippen molar-refractivity contribution >= 4 is 34.1 Å². The Bertz CT molecular complexity index is 917. The van der Waals surface area contributed by atoms with Crippen molar-refractivity contribution in [2.24, 2.45) is 0 Å². The molecule has 2 heterocycles. The lowest BCUT2D eigenvalue weighted by molar-refractivity contribution is -0.115. The molecule has 0 saturated heterocycles. The first kappa shape index (κ1) is 18.2. The predicted molar refractivity (Wildman–Crippen MR) is 108 cm³/mol. The summed E-state index contributed by atoms with van der Waals surface area (Å²) >= 11 is 6.07. The van der Waals surface area contributed by atoms with E-state index in [0.29, 0.717) is 17.1 Å². The Kier molecular flexibility index (Phi) is 6.08. The van der Waals surface area contributed by atoms with Crippen LogP contribution in [0.5, 0.6) is 0 Å². The molecule has 0 spiro atoms. The molecule has 3 aromatic rings. The van der Waals surface area contributed by atoms with Crippen LogP contribution in [0.3, 0.4) is 0 Å². The van der Waals surface area contributed by atoms with E-state index in [0.717, 1.165) is 42.3 Å². The summed E-state index contributed by atoms with van der Waals surface area (Å²) in [5, 5.41) is 4.41. The lowest BCUT2D eigenvalue weighted by Crippen LogP contribution is -2.14. The molecule has 0 aliphatic carbocycles. The number of hydrogen-bond acceptors (Lipinski definition) is 2. The number of fused-ring (bicyclic) bond motifs is 1. The summed E-state index contributed by atoms with van der Waals surface area (Å²) in [5.74, 6) is -0.0901. The molecular weight excluding hydrogens is 346 g/mol. The van der Waals surface area contributed by atoms with Gasteiger partial charge in [-0.1, -0.05) is 35.9 Å². The van der Waals surface area contributed by atoms with Crippen LogP contribution in [0, 0.1) is 0 Å². The van der Waals surface area contributed by atoms with Crippen LogP contribution < -0.4 is 5.32 Å². The SMILES string of the molecule is C=CCCCCn1cc(CC(=O)Nc2ccncc2Cl)c2ccccc21. The summed E-state index contributed by atoms with van der Waals surface area (Å²) in [5.41, 5.74) is 2.77. The molecule has 134 valence electrons. The Morgan fingerprint density at radius 3 is 2.92 bits per heavy atom. The number of rotatable bonds is 8. The number of carbonyl (C=O) groups is 1. The van der Waals surface area contributed by atoms with E-state index in [2.05, 4.69) is 39.8 Å². The Balaban J connectivity index is 1.76. The molecule has 0 aliphatic heterocycles. The topological polar surface area (TPSA) is 46.9 Å². The Labute approximate surface area is 158 Å². The zero-order valence-electron chi connectivity index (χ0n) is 14.6. The fraction of sp³-hybridized carbons (Fsp3) is 0.238. The summed E-state index contributed by atoms with van der Waals surface area (Å²) < 4.78 is 2.24. The molecule has 0 unspecified atom stereocenters. The van der Waals surface area contributed by atoms with E-state index in [1.807, 2.05) is 18.2 Å². The van der Waals surface area contributed by atoms with Crippen molar-refractivity contribution in [2.75, 3.05) is 5.32 Å². The van der Waals surface area contributed by atoms with Crippen molar-refractivity contribution in [1.82, 2.24) is 9.55 Å². The molecule has 0 atom stereocenters. The fourth-order valence-corrected chi connectivity index (χ4v) is 3.23. The van der Waals surface area contributed by atoms with Gasteiger partial charge in [0.2, 0.25) is 5.91 Å². The van der Waals surface area contributed by atoms with Gasteiger partial charge in [-0.05, 0) is 37.0 Å². The highest BCUT2D eigenvalue weighted by molar-refractivity contribution is 6.33. The number of unbranched alkanes of at least 4 members (excludes halogenated alkanes) is 2. The van der Waals surface area contributed by atoms with Crippen molar-refractivity contribution in [3.63, 3.8) is 0 Å². The highest BCUT2D eigenvalue weighted by Gasteiger charge is 2.13. The normalized spacial score (nSPS) is 10.8. The van der Waals surface area contributed by atoms with Gasteiger partial charge in [0.25, 0.3) is 0 Å². The summed E-state index contributed by atoms with van der Waals surface area (Å²) in [6, 6.07) is 9.90. The van der Waals surface area contributed by atoms with Crippen molar-refractivity contribution in [3.8, 4) is 0 Å². The van der Waals surface area contributed by atoms with Gasteiger partial charge in [0, 0.05) is 36.0 Å². The number of halogens is 1. The number of benzene rings is 1. The molecule has 3 rings (SSSR count). The van der Waals surface area contributed by atoms with Crippen molar-refractivity contribution in [1.29, 1.82) is 0 Å². The van der Waals surface area contributed by atoms with Crippen LogP contribution in [0.25, 0.3) is 10.9 Å². The Morgan fingerprint density at radius 2 is 2.12 bits per heavy atom. The molecule has 5 heteroatoms. The molecule has 0 fully saturated rings. The number of carbonyl (C=O) groups excluding carboxylic acids is 1. The van der Waals surface area contributed by atoms with Crippen LogP contribution in [-0.2, 0) is 17.8 Å². The number of nitrogens with one attached hydrogen (secondary N) is 1. The van der Waals surface area contributed by atoms with E-state index in [1.165, 1.54) is 6.20 Å². The van der Waals surface area contributed by atoms with Crippen LogP contribution in [0.15, 0.2) is 61.6 Å². The minimum absolute atomic E-state index is 0.0901. The maximum atomic E-state index is 12.5. The molecule has 2 aromatic heterocycles. The Hall–Kier alpha value is -2.59. The third-order valence-electron chi connectivity index (χ3n) is 4.33. The molecule has 1 amide bonds. The van der Waals surface area contributed by atoms with E-state index in [9.17, 15) is 4.79 Å². The molecule has 0 aliphatic rings. The van der Waals surface area contributed by atoms with Crippen LogP contribution >= 0.6 is 11.6 Å². The van der Waals surface area contributed by atoms with Gasteiger partial charge in [0.15, 0.2) is 0 Å². The van der Waals surface area contributed by atoms with Crippen LogP contribution in [0.2, 0.25) is 5.02 Å². The maximum absolute atomic E-state index is 12.5. The largest absolute Gasteiger partial charge is 0.347 e. The Morgan fingerprint density at radius 1 is 1.27 bits per heavy atom. The number of aromatic nitrogens is 2. The van der Waals surface area contributed by atoms with Crippen molar-refractivity contribution < 1.29 is 4.79 Å². The second-order valence-electron chi connectivity index (χ2n) is 6.23. The van der Waals surface area contributed by atoms with E-state index in [1.54, 1.807) is 12.3 Å². The number of pyridine rings is 1. The van der Waals surface area contributed by atoms with E-state index in [-0.39, 0.29) is 5.91 Å². The molecule has 1 N–H and O–H groups in total. The minimum Gasteiger partial charge on any atom is -0.347 e. The summed E-state index contributed by atoms with van der Waals surface area (Å²) in [7, 11) is 0. The van der Waals surface area contributed by atoms with E-state index >= 15 is 0 Å². The van der Waals surface area contributed by atoms with Gasteiger partial charge in [-0.2, -0.15) is 0 Å². The fourth-order valence-electron chi connectivity index (χ4n) is 3.06. The minimum atomic E-state index is -0.0901. The van der Waals surface area contributed by atoms with Gasteiger partial charge in [-0.25, -0.2) is 0 Å². The molecule has 26 heavy (non-hydrogen) atoms. The second kappa shape index (κ2) is 8.68. The molecular formula is C21H22ClN3O. The van der Waals surface area contributed by atoms with Gasteiger partial charge < -0.3 is 9.88 Å². The smallest absolute Gasteiger partial charge is 0.228 e. The molecule has 4 nitrogen and oxygen atoms in total. The summed E-state index contributed by atoms with van der Waals surface area (Å²) in [4.78, 5) is 16.4. The molecule has 1 aromatic carbocycles. The first-order valence-corrected chi connectivity index (χ1v) is 9.14. The highest BCUT2D eigenvalue weighted by atomic mass is 35.5. The number of nitrogens with zero attached hydrogens (tertiary/aromatic N) is 2. The van der Waals surface area contributed by atoms with Gasteiger partial charge in [-0.3, -0.25) is 9.78 Å². The maximum Gasteiger partial charge on any atom is 0.228 e. The zero-order chi connectivity index (χ0) is 18.4. The average Bonchev–Trinajstić information content (AvgIpc) is 2.98. The number of allylic oxidation sites excluding steroid dienone is 1. The van der Waals surface area contributed by atoms with Crippen LogP contribution in [0.1, 0.15) is 24.8 Å². The highest BCUT2D eigenvalue weighted by Crippen LogP contribution is 2.24. The van der Waals surface area contributed by atoms with Crippen molar-refractivity contribution in [3.05, 3.63) is 72.2 Å². The van der Waals surface area contributed by atoms with Crippen LogP contribution in [-0.4, -0.2) is 15.5 Å². The average molecular weight is 368 g/mol. The first-order chi connectivity index (χ1) is 12.7. The van der Waals surface area contributed by atoms with Gasteiger partial charge in [0.05, 0.1) is 17.1 Å². The van der Waals surface area contributed by atoms with Gasteiger partial charge >= 0.3 is 0 Å². The zero-order valence-corrected chi connectivity index (χ0v) is 15.4. The lowest BCUT2D eigenvalue weighted by Gasteiger charge is -2.06. The molecule has 0 saturated carbocycles. The summed E-state index contributed by atoms with van der Waals surface area (Å²) in [6.07, 6.45) is 10.7. The number of aryl methyl sites for hydroxylation is 1. The predicted octanol–water partition coefficient (Wildman–Crippen LogP) is 5.23. The third-order valence-corrected chi connectivity index (χ3v) is 4.63. The first-order valence-electron chi connectivity index (χ1n) is 8.76. The number of amides is 1. The lowest BCUT2D eigenvalue weighted by atomic mass is 10.1.